The van der Waals surface area contributed by atoms with E-state index >= 15 is 0 Å². The van der Waals surface area contributed by atoms with Gasteiger partial charge in [-0.1, -0.05) is 36.4 Å². The van der Waals surface area contributed by atoms with E-state index < -0.39 is 11.4 Å². The summed E-state index contributed by atoms with van der Waals surface area (Å²) in [7, 11) is 1.68. The smallest absolute Gasteiger partial charge is 0.440 e. The molecule has 0 aliphatic carbocycles. The van der Waals surface area contributed by atoms with Gasteiger partial charge < -0.3 is 18.9 Å². The van der Waals surface area contributed by atoms with E-state index in [1.54, 1.807) is 7.11 Å². The maximum absolute atomic E-state index is 13.3. The predicted molar refractivity (Wildman–Crippen MR) is 151 cm³/mol. The highest BCUT2D eigenvalue weighted by molar-refractivity contribution is 5.95. The maximum Gasteiger partial charge on any atom is 0.440 e. The van der Waals surface area contributed by atoms with E-state index in [4.69, 9.17) is 14.0 Å². The van der Waals surface area contributed by atoms with E-state index in [0.29, 0.717) is 24.5 Å². The van der Waals surface area contributed by atoms with Crippen LogP contribution >= 0.6 is 0 Å². The summed E-state index contributed by atoms with van der Waals surface area (Å²) in [6.45, 7) is 3.90. The number of hydrogen-bond acceptors (Lipinski definition) is 6. The van der Waals surface area contributed by atoms with Crippen LogP contribution < -0.4 is 16.2 Å². The van der Waals surface area contributed by atoms with Crippen LogP contribution in [-0.4, -0.2) is 46.8 Å². The summed E-state index contributed by atoms with van der Waals surface area (Å²) in [6.07, 6.45) is 3.12. The first-order chi connectivity index (χ1) is 19.4. The van der Waals surface area contributed by atoms with Gasteiger partial charge >= 0.3 is 11.4 Å². The van der Waals surface area contributed by atoms with Crippen molar-refractivity contribution in [3.63, 3.8) is 0 Å². The van der Waals surface area contributed by atoms with Crippen molar-refractivity contribution < 1.29 is 18.8 Å². The van der Waals surface area contributed by atoms with Gasteiger partial charge in [-0.05, 0) is 84.3 Å². The third kappa shape index (κ3) is 6.26. The van der Waals surface area contributed by atoms with Gasteiger partial charge in [-0.3, -0.25) is 4.79 Å². The number of amides is 1. The molecule has 0 spiro atoms. The van der Waals surface area contributed by atoms with Crippen molar-refractivity contribution in [1.29, 1.82) is 0 Å². The monoisotopic (exact) mass is 543 g/mol. The zero-order valence-electron chi connectivity index (χ0n) is 22.7. The van der Waals surface area contributed by atoms with Gasteiger partial charge in [0.2, 0.25) is 0 Å². The molecular weight excluding hydrogens is 510 g/mol. The fourth-order valence-corrected chi connectivity index (χ4v) is 5.19. The van der Waals surface area contributed by atoms with Gasteiger partial charge in [-0.2, -0.15) is 0 Å². The predicted octanol–water partition coefficient (Wildman–Crippen LogP) is 4.37. The molecule has 40 heavy (non-hydrogen) atoms. The molecule has 5 rings (SSSR count). The Morgan fingerprint density at radius 1 is 1.02 bits per heavy atom. The Hall–Kier alpha value is -4.37. The Morgan fingerprint density at radius 3 is 2.58 bits per heavy atom. The fourth-order valence-electron chi connectivity index (χ4n) is 5.19. The molecule has 1 fully saturated rings. The van der Waals surface area contributed by atoms with Gasteiger partial charge in [0, 0.05) is 19.2 Å². The van der Waals surface area contributed by atoms with Gasteiger partial charge in [-0.25, -0.2) is 14.6 Å². The Bertz CT molecular complexity index is 1580. The van der Waals surface area contributed by atoms with E-state index in [9.17, 15) is 14.4 Å². The Morgan fingerprint density at radius 2 is 1.85 bits per heavy atom. The SMILES string of the molecule is COCC1CCCCN1C(=O)c1ccc(-c2cccc(COc3ccc(Cn4oc(=O)[nH]c4=O)cc3)c2)c(C)c1. The quantitative estimate of drug-likeness (QED) is 0.336. The molecule has 1 atom stereocenters. The number of piperidine rings is 1. The number of aromatic nitrogens is 2. The minimum absolute atomic E-state index is 0.0641. The Kier molecular flexibility index (Phi) is 8.31. The van der Waals surface area contributed by atoms with Crippen molar-refractivity contribution in [1.82, 2.24) is 14.6 Å². The zero-order valence-corrected chi connectivity index (χ0v) is 22.7. The number of likely N-dealkylation sites (tertiary alicyclic amines) is 1. The molecule has 1 unspecified atom stereocenters. The van der Waals surface area contributed by atoms with Crippen LogP contribution in [0.1, 0.15) is 46.3 Å². The summed E-state index contributed by atoms with van der Waals surface area (Å²) >= 11 is 0. The van der Waals surface area contributed by atoms with Crippen molar-refractivity contribution >= 4 is 5.91 Å². The first kappa shape index (κ1) is 27.2. The standard InChI is InChI=1S/C31H33N3O6/c1-21-16-25(29(35)33-15-4-3-8-26(33)20-38-2)11-14-28(21)24-7-5-6-23(17-24)19-39-27-12-9-22(10-13-27)18-34-30(36)32-31(37)40-34/h5-7,9-14,16-17,26H,3-4,8,15,18-20H2,1-2H3,(H,32,36,37). The molecule has 0 saturated carbocycles. The summed E-state index contributed by atoms with van der Waals surface area (Å²) in [5.74, 6) is -0.0322. The first-order valence-electron chi connectivity index (χ1n) is 13.4. The van der Waals surface area contributed by atoms with Crippen LogP contribution in [0.2, 0.25) is 0 Å². The summed E-state index contributed by atoms with van der Waals surface area (Å²) in [5.41, 5.74) is 5.10. The van der Waals surface area contributed by atoms with E-state index in [1.807, 2.05) is 66.4 Å². The second-order valence-corrected chi connectivity index (χ2v) is 10.1. The second-order valence-electron chi connectivity index (χ2n) is 10.1. The van der Waals surface area contributed by atoms with Crippen LogP contribution in [0.4, 0.5) is 0 Å². The number of nitrogens with one attached hydrogen (secondary N) is 1. The molecule has 1 N–H and O–H groups in total. The lowest BCUT2D eigenvalue weighted by Crippen LogP contribution is -2.46. The maximum atomic E-state index is 13.3. The number of H-pyrrole nitrogens is 1. The van der Waals surface area contributed by atoms with Crippen LogP contribution in [0.15, 0.2) is 80.8 Å². The molecule has 4 aromatic rings. The molecule has 208 valence electrons. The number of rotatable bonds is 9. The van der Waals surface area contributed by atoms with Crippen LogP contribution in [-0.2, 0) is 17.9 Å². The average Bonchev–Trinajstić information content (AvgIpc) is 3.28. The number of benzene rings is 3. The minimum Gasteiger partial charge on any atom is -0.489 e. The third-order valence-corrected chi connectivity index (χ3v) is 7.24. The molecule has 9 heteroatoms. The molecule has 0 radical (unpaired) electrons. The number of aryl methyl sites for hydroxylation is 1. The molecule has 9 nitrogen and oxygen atoms in total. The Labute approximate surface area is 231 Å². The van der Waals surface area contributed by atoms with Crippen molar-refractivity contribution in [2.75, 3.05) is 20.3 Å². The number of nitrogens with zero attached hydrogens (tertiary/aromatic N) is 2. The lowest BCUT2D eigenvalue weighted by Gasteiger charge is -2.35. The lowest BCUT2D eigenvalue weighted by atomic mass is 9.96. The first-order valence-corrected chi connectivity index (χ1v) is 13.4. The molecule has 1 aromatic heterocycles. The third-order valence-electron chi connectivity index (χ3n) is 7.24. The van der Waals surface area contributed by atoms with Gasteiger partial charge in [0.05, 0.1) is 19.2 Å². The molecule has 2 heterocycles. The normalized spacial score (nSPS) is 15.2. The summed E-state index contributed by atoms with van der Waals surface area (Å²) in [5, 5.41) is 0. The topological polar surface area (TPSA) is 107 Å². The van der Waals surface area contributed by atoms with E-state index in [2.05, 4.69) is 17.1 Å². The summed E-state index contributed by atoms with van der Waals surface area (Å²) < 4.78 is 17.1. The molecule has 1 saturated heterocycles. The molecule has 0 bridgehead atoms. The number of carbonyl (C=O) groups excluding carboxylic acids is 1. The van der Waals surface area contributed by atoms with Gasteiger partial charge in [0.1, 0.15) is 12.4 Å². The van der Waals surface area contributed by atoms with Crippen LogP contribution in [0.25, 0.3) is 11.1 Å². The highest BCUT2D eigenvalue weighted by Gasteiger charge is 2.27. The van der Waals surface area contributed by atoms with Crippen LogP contribution in [0.5, 0.6) is 5.75 Å². The molecular formula is C31H33N3O6. The number of ether oxygens (including phenoxy) is 2. The average molecular weight is 544 g/mol. The lowest BCUT2D eigenvalue weighted by molar-refractivity contribution is 0.0428. The van der Waals surface area contributed by atoms with E-state index in [0.717, 1.165) is 58.4 Å². The molecule has 1 aliphatic rings. The number of methoxy groups -OCH3 is 1. The van der Waals surface area contributed by atoms with Crippen molar-refractivity contribution in [3.05, 3.63) is 110 Å². The van der Waals surface area contributed by atoms with Gasteiger partial charge in [0.25, 0.3) is 5.91 Å². The zero-order chi connectivity index (χ0) is 28.1. The number of carbonyl (C=O) groups is 1. The van der Waals surface area contributed by atoms with Gasteiger partial charge in [-0.15, -0.1) is 4.74 Å². The van der Waals surface area contributed by atoms with Crippen LogP contribution in [0.3, 0.4) is 0 Å². The van der Waals surface area contributed by atoms with E-state index in [-0.39, 0.29) is 18.5 Å². The van der Waals surface area contributed by atoms with Gasteiger partial charge in [0.15, 0.2) is 0 Å². The fraction of sp³-hybridized carbons (Fsp3) is 0.323. The Balaban J connectivity index is 1.24. The largest absolute Gasteiger partial charge is 0.489 e. The van der Waals surface area contributed by atoms with E-state index in [1.165, 1.54) is 0 Å². The van der Waals surface area contributed by atoms with Crippen molar-refractivity contribution in [2.45, 2.75) is 45.4 Å². The molecule has 1 aliphatic heterocycles. The second kappa shape index (κ2) is 12.2. The number of hydrogen-bond donors (Lipinski definition) is 1. The highest BCUT2D eigenvalue weighted by atomic mass is 16.5. The van der Waals surface area contributed by atoms with Crippen molar-refractivity contribution in [2.24, 2.45) is 0 Å². The summed E-state index contributed by atoms with van der Waals surface area (Å²) in [4.78, 5) is 40.1. The van der Waals surface area contributed by atoms with Crippen molar-refractivity contribution in [3.8, 4) is 16.9 Å². The summed E-state index contributed by atoms with van der Waals surface area (Å²) in [6, 6.07) is 21.5. The molecule has 1 amide bonds. The molecule has 3 aromatic carbocycles. The highest BCUT2D eigenvalue weighted by Crippen LogP contribution is 2.27. The van der Waals surface area contributed by atoms with Crippen LogP contribution in [0, 0.1) is 6.92 Å². The number of aromatic amines is 1. The minimum atomic E-state index is -0.777.